The molecule has 4 heteroatoms. The Labute approximate surface area is 149 Å². The van der Waals surface area contributed by atoms with Gasteiger partial charge in [-0.25, -0.2) is 0 Å². The van der Waals surface area contributed by atoms with Gasteiger partial charge in [-0.15, -0.1) is 0 Å². The Balaban J connectivity index is 2.16. The zero-order chi connectivity index (χ0) is 18.1. The Bertz CT molecular complexity index is 667. The number of hydrogen-bond acceptors (Lipinski definition) is 3. The Morgan fingerprint density at radius 3 is 2.48 bits per heavy atom. The van der Waals surface area contributed by atoms with E-state index in [2.05, 4.69) is 6.92 Å². The van der Waals surface area contributed by atoms with Crippen molar-refractivity contribution in [2.75, 3.05) is 13.7 Å². The van der Waals surface area contributed by atoms with Gasteiger partial charge in [-0.1, -0.05) is 56.2 Å². The minimum atomic E-state index is -0.826. The molecule has 0 aliphatic carbocycles. The second kappa shape index (κ2) is 9.72. The standard InChI is InChI=1S/C21H26O4/c1-3-4-8-13-25-20-15-16(11-12-19(20)24-2)14-18(21(22)23)17-9-6-5-7-10-17/h5-7,9-12,15,18H,3-4,8,13-14H2,1-2H3,(H,22,23). The lowest BCUT2D eigenvalue weighted by Gasteiger charge is -2.15. The number of hydrogen-bond donors (Lipinski definition) is 1. The van der Waals surface area contributed by atoms with E-state index in [0.29, 0.717) is 24.5 Å². The van der Waals surface area contributed by atoms with Gasteiger partial charge < -0.3 is 14.6 Å². The van der Waals surface area contributed by atoms with Crippen LogP contribution in [0.5, 0.6) is 11.5 Å². The summed E-state index contributed by atoms with van der Waals surface area (Å²) in [5.74, 6) is -0.0601. The third-order valence-electron chi connectivity index (χ3n) is 4.17. The van der Waals surface area contributed by atoms with Gasteiger partial charge in [0, 0.05) is 0 Å². The zero-order valence-electron chi connectivity index (χ0n) is 14.9. The van der Waals surface area contributed by atoms with Gasteiger partial charge in [0.25, 0.3) is 0 Å². The summed E-state index contributed by atoms with van der Waals surface area (Å²) in [5, 5.41) is 9.60. The number of carbonyl (C=O) groups is 1. The summed E-state index contributed by atoms with van der Waals surface area (Å²) in [5.41, 5.74) is 1.72. The second-order valence-corrected chi connectivity index (χ2v) is 6.05. The van der Waals surface area contributed by atoms with Crippen LogP contribution in [-0.2, 0) is 11.2 Å². The van der Waals surface area contributed by atoms with Crippen molar-refractivity contribution in [3.05, 3.63) is 59.7 Å². The molecule has 1 N–H and O–H groups in total. The fourth-order valence-corrected chi connectivity index (χ4v) is 2.76. The van der Waals surface area contributed by atoms with Crippen molar-refractivity contribution in [1.29, 1.82) is 0 Å². The first kappa shape index (κ1) is 18.8. The molecule has 0 aliphatic heterocycles. The summed E-state index contributed by atoms with van der Waals surface area (Å²) < 4.78 is 11.2. The monoisotopic (exact) mass is 342 g/mol. The van der Waals surface area contributed by atoms with Crippen LogP contribution in [0.25, 0.3) is 0 Å². The summed E-state index contributed by atoms with van der Waals surface area (Å²) >= 11 is 0. The SMILES string of the molecule is CCCCCOc1cc(CC(C(=O)O)c2ccccc2)ccc1OC. The molecule has 0 saturated heterocycles. The van der Waals surface area contributed by atoms with Crippen LogP contribution < -0.4 is 9.47 Å². The Morgan fingerprint density at radius 2 is 1.84 bits per heavy atom. The van der Waals surface area contributed by atoms with Gasteiger partial charge in [0.2, 0.25) is 0 Å². The normalized spacial score (nSPS) is 11.8. The fourth-order valence-electron chi connectivity index (χ4n) is 2.76. The maximum Gasteiger partial charge on any atom is 0.311 e. The summed E-state index contributed by atoms with van der Waals surface area (Å²) in [4.78, 5) is 11.7. The molecule has 134 valence electrons. The molecular formula is C21H26O4. The van der Waals surface area contributed by atoms with E-state index in [9.17, 15) is 9.90 Å². The van der Waals surface area contributed by atoms with Crippen molar-refractivity contribution >= 4 is 5.97 Å². The van der Waals surface area contributed by atoms with E-state index in [1.54, 1.807) is 7.11 Å². The van der Waals surface area contributed by atoms with Crippen LogP contribution in [0.4, 0.5) is 0 Å². The van der Waals surface area contributed by atoms with Crippen molar-refractivity contribution in [3.63, 3.8) is 0 Å². The molecule has 25 heavy (non-hydrogen) atoms. The minimum absolute atomic E-state index is 0.411. The predicted octanol–water partition coefficient (Wildman–Crippen LogP) is 4.68. The third-order valence-corrected chi connectivity index (χ3v) is 4.17. The molecule has 0 saturated carbocycles. The van der Waals surface area contributed by atoms with Crippen LogP contribution in [0.1, 0.15) is 43.2 Å². The highest BCUT2D eigenvalue weighted by molar-refractivity contribution is 5.76. The molecule has 0 heterocycles. The number of carboxylic acid groups (broad SMARTS) is 1. The largest absolute Gasteiger partial charge is 0.493 e. The highest BCUT2D eigenvalue weighted by atomic mass is 16.5. The molecule has 2 rings (SSSR count). The van der Waals surface area contributed by atoms with E-state index in [1.165, 1.54) is 0 Å². The van der Waals surface area contributed by atoms with Crippen molar-refractivity contribution in [2.24, 2.45) is 0 Å². The Morgan fingerprint density at radius 1 is 1.08 bits per heavy atom. The average Bonchev–Trinajstić information content (AvgIpc) is 2.64. The van der Waals surface area contributed by atoms with E-state index in [0.717, 1.165) is 30.4 Å². The molecule has 0 aliphatic rings. The lowest BCUT2D eigenvalue weighted by atomic mass is 9.92. The highest BCUT2D eigenvalue weighted by Crippen LogP contribution is 2.31. The van der Waals surface area contributed by atoms with Crippen LogP contribution in [-0.4, -0.2) is 24.8 Å². The number of benzene rings is 2. The molecule has 0 fully saturated rings. The van der Waals surface area contributed by atoms with E-state index < -0.39 is 11.9 Å². The van der Waals surface area contributed by atoms with Gasteiger partial charge in [0.1, 0.15) is 0 Å². The molecule has 0 spiro atoms. The van der Waals surface area contributed by atoms with Crippen LogP contribution in [0, 0.1) is 0 Å². The zero-order valence-corrected chi connectivity index (χ0v) is 14.9. The van der Waals surface area contributed by atoms with Gasteiger partial charge in [-0.3, -0.25) is 4.79 Å². The number of unbranched alkanes of at least 4 members (excludes halogenated alkanes) is 2. The molecule has 2 aromatic rings. The van der Waals surface area contributed by atoms with Crippen molar-refractivity contribution < 1.29 is 19.4 Å². The Kier molecular flexibility index (Phi) is 7.33. The van der Waals surface area contributed by atoms with Crippen LogP contribution in [0.2, 0.25) is 0 Å². The maximum atomic E-state index is 11.7. The first-order valence-electron chi connectivity index (χ1n) is 8.73. The summed E-state index contributed by atoms with van der Waals surface area (Å²) in [6, 6.07) is 14.9. The van der Waals surface area contributed by atoms with Crippen molar-refractivity contribution in [3.8, 4) is 11.5 Å². The van der Waals surface area contributed by atoms with E-state index in [4.69, 9.17) is 9.47 Å². The van der Waals surface area contributed by atoms with Gasteiger partial charge >= 0.3 is 5.97 Å². The van der Waals surface area contributed by atoms with E-state index in [1.807, 2.05) is 48.5 Å². The summed E-state index contributed by atoms with van der Waals surface area (Å²) in [6.07, 6.45) is 3.66. The van der Waals surface area contributed by atoms with E-state index >= 15 is 0 Å². The number of rotatable bonds is 10. The first-order valence-corrected chi connectivity index (χ1v) is 8.73. The van der Waals surface area contributed by atoms with Gasteiger partial charge in [0.05, 0.1) is 19.6 Å². The lowest BCUT2D eigenvalue weighted by Crippen LogP contribution is -2.14. The summed E-state index contributed by atoms with van der Waals surface area (Å²) in [6.45, 7) is 2.78. The number of ether oxygens (including phenoxy) is 2. The van der Waals surface area contributed by atoms with Crippen LogP contribution >= 0.6 is 0 Å². The third kappa shape index (κ3) is 5.52. The molecule has 0 radical (unpaired) electrons. The van der Waals surface area contributed by atoms with Gasteiger partial charge in [-0.2, -0.15) is 0 Å². The highest BCUT2D eigenvalue weighted by Gasteiger charge is 2.20. The van der Waals surface area contributed by atoms with E-state index in [-0.39, 0.29) is 0 Å². The fraction of sp³-hybridized carbons (Fsp3) is 0.381. The summed E-state index contributed by atoms with van der Waals surface area (Å²) in [7, 11) is 1.61. The molecule has 1 unspecified atom stereocenters. The average molecular weight is 342 g/mol. The minimum Gasteiger partial charge on any atom is -0.493 e. The molecule has 4 nitrogen and oxygen atoms in total. The number of aliphatic carboxylic acids is 1. The topological polar surface area (TPSA) is 55.8 Å². The first-order chi connectivity index (χ1) is 12.2. The van der Waals surface area contributed by atoms with Gasteiger partial charge in [0.15, 0.2) is 11.5 Å². The van der Waals surface area contributed by atoms with Gasteiger partial charge in [-0.05, 0) is 36.1 Å². The van der Waals surface area contributed by atoms with Crippen LogP contribution in [0.15, 0.2) is 48.5 Å². The quantitative estimate of drug-likeness (QED) is 0.637. The molecule has 0 bridgehead atoms. The second-order valence-electron chi connectivity index (χ2n) is 6.05. The molecule has 1 atom stereocenters. The predicted molar refractivity (Wildman–Crippen MR) is 98.5 cm³/mol. The van der Waals surface area contributed by atoms with Crippen LogP contribution in [0.3, 0.4) is 0 Å². The molecular weight excluding hydrogens is 316 g/mol. The smallest absolute Gasteiger partial charge is 0.311 e. The molecule has 0 amide bonds. The number of methoxy groups -OCH3 is 1. The Hall–Kier alpha value is -2.49. The number of carboxylic acids is 1. The van der Waals surface area contributed by atoms with Crippen molar-refractivity contribution in [2.45, 2.75) is 38.5 Å². The van der Waals surface area contributed by atoms with Crippen molar-refractivity contribution in [1.82, 2.24) is 0 Å². The molecule has 2 aromatic carbocycles. The lowest BCUT2D eigenvalue weighted by molar-refractivity contribution is -0.138. The maximum absolute atomic E-state index is 11.7. The molecule has 0 aromatic heterocycles.